The van der Waals surface area contributed by atoms with Crippen LogP contribution in [0.25, 0.3) is 0 Å². The molecule has 2 unspecified atom stereocenters. The number of anilines is 1. The lowest BCUT2D eigenvalue weighted by molar-refractivity contribution is -0.136. The van der Waals surface area contributed by atoms with Gasteiger partial charge in [-0.15, -0.1) is 11.3 Å². The molecule has 0 saturated carbocycles. The fourth-order valence-electron chi connectivity index (χ4n) is 1.76. The molecule has 2 N–H and O–H groups in total. The highest BCUT2D eigenvalue weighted by Gasteiger charge is 2.10. The first kappa shape index (κ1) is 15.0. The van der Waals surface area contributed by atoms with Gasteiger partial charge in [0.25, 0.3) is 0 Å². The first-order valence-electron chi connectivity index (χ1n) is 6.44. The highest BCUT2D eigenvalue weighted by atomic mass is 32.1. The maximum absolute atomic E-state index is 10.5. The molecule has 1 rings (SSSR count). The minimum absolute atomic E-state index is 0.144. The van der Waals surface area contributed by atoms with Crippen molar-refractivity contribution < 1.29 is 9.90 Å². The number of rotatable bonds is 8. The van der Waals surface area contributed by atoms with Crippen molar-refractivity contribution in [3.8, 4) is 0 Å². The third-order valence-corrected chi connectivity index (χ3v) is 3.79. The Hall–Kier alpha value is -1.10. The van der Waals surface area contributed by atoms with Crippen molar-refractivity contribution in [3.63, 3.8) is 0 Å². The number of aromatic nitrogens is 1. The number of carboxylic acid groups (broad SMARTS) is 1. The Balaban J connectivity index is 2.40. The third-order valence-electron chi connectivity index (χ3n) is 2.97. The molecule has 0 amide bonds. The Bertz CT molecular complexity index is 379. The molecule has 18 heavy (non-hydrogen) atoms. The summed E-state index contributed by atoms with van der Waals surface area (Å²) in [6.07, 6.45) is 2.97. The van der Waals surface area contributed by atoms with Gasteiger partial charge in [-0.25, -0.2) is 4.98 Å². The number of hydrogen-bond donors (Lipinski definition) is 2. The first-order valence-corrected chi connectivity index (χ1v) is 7.32. The van der Waals surface area contributed by atoms with Crippen LogP contribution in [0.2, 0.25) is 0 Å². The van der Waals surface area contributed by atoms with E-state index in [1.165, 1.54) is 6.42 Å². The van der Waals surface area contributed by atoms with Crippen LogP contribution < -0.4 is 5.32 Å². The predicted molar refractivity (Wildman–Crippen MR) is 75.2 cm³/mol. The molecular weight excluding hydrogens is 248 g/mol. The standard InChI is InChI=1S/C13H22N2O2S/c1-4-9(2)7-10(3)14-13-15-11(8-18-13)5-6-12(16)17/h8-10H,4-7H2,1-3H3,(H,14,15)(H,16,17). The second-order valence-corrected chi connectivity index (χ2v) is 5.69. The molecule has 1 aromatic rings. The van der Waals surface area contributed by atoms with Gasteiger partial charge in [0.15, 0.2) is 5.13 Å². The molecule has 0 radical (unpaired) electrons. The number of carbonyl (C=O) groups is 1. The van der Waals surface area contributed by atoms with Crippen molar-refractivity contribution in [1.82, 2.24) is 4.98 Å². The zero-order valence-electron chi connectivity index (χ0n) is 11.3. The molecule has 102 valence electrons. The topological polar surface area (TPSA) is 62.2 Å². The van der Waals surface area contributed by atoms with Crippen LogP contribution in [0.5, 0.6) is 0 Å². The summed E-state index contributed by atoms with van der Waals surface area (Å²) in [7, 11) is 0. The first-order chi connectivity index (χ1) is 8.51. The molecule has 5 heteroatoms. The third kappa shape index (κ3) is 5.49. The second kappa shape index (κ2) is 7.36. The number of aliphatic carboxylic acids is 1. The van der Waals surface area contributed by atoms with Gasteiger partial charge < -0.3 is 10.4 Å². The summed E-state index contributed by atoms with van der Waals surface area (Å²) in [6, 6.07) is 0.401. The van der Waals surface area contributed by atoms with E-state index in [2.05, 4.69) is 31.1 Å². The smallest absolute Gasteiger partial charge is 0.303 e. The van der Waals surface area contributed by atoms with E-state index in [1.807, 2.05) is 5.38 Å². The number of thiazole rings is 1. The van der Waals surface area contributed by atoms with Crippen molar-refractivity contribution in [2.24, 2.45) is 5.92 Å². The molecule has 4 nitrogen and oxygen atoms in total. The lowest BCUT2D eigenvalue weighted by Gasteiger charge is -2.16. The van der Waals surface area contributed by atoms with E-state index in [4.69, 9.17) is 5.11 Å². The summed E-state index contributed by atoms with van der Waals surface area (Å²) in [4.78, 5) is 14.9. The molecule has 0 spiro atoms. The fourth-order valence-corrected chi connectivity index (χ4v) is 2.62. The van der Waals surface area contributed by atoms with E-state index < -0.39 is 5.97 Å². The summed E-state index contributed by atoms with van der Waals surface area (Å²) in [5, 5.41) is 14.8. The zero-order valence-corrected chi connectivity index (χ0v) is 12.1. The molecule has 0 aliphatic rings. The van der Waals surface area contributed by atoms with Crippen LogP contribution >= 0.6 is 11.3 Å². The molecule has 0 bridgehead atoms. The van der Waals surface area contributed by atoms with Gasteiger partial charge in [0.05, 0.1) is 12.1 Å². The number of nitrogens with one attached hydrogen (secondary N) is 1. The Morgan fingerprint density at radius 2 is 2.28 bits per heavy atom. The summed E-state index contributed by atoms with van der Waals surface area (Å²) in [6.45, 7) is 6.60. The average molecular weight is 270 g/mol. The van der Waals surface area contributed by atoms with Gasteiger partial charge in [0.2, 0.25) is 0 Å². The van der Waals surface area contributed by atoms with E-state index in [9.17, 15) is 4.79 Å². The highest BCUT2D eigenvalue weighted by molar-refractivity contribution is 7.13. The van der Waals surface area contributed by atoms with Crippen molar-refractivity contribution >= 4 is 22.4 Å². The van der Waals surface area contributed by atoms with Crippen LogP contribution in [0.1, 0.15) is 45.7 Å². The summed E-state index contributed by atoms with van der Waals surface area (Å²) < 4.78 is 0. The average Bonchev–Trinajstić information content (AvgIpc) is 2.73. The maximum atomic E-state index is 10.5. The van der Waals surface area contributed by atoms with E-state index in [1.54, 1.807) is 11.3 Å². The van der Waals surface area contributed by atoms with E-state index >= 15 is 0 Å². The molecule has 0 aliphatic heterocycles. The highest BCUT2D eigenvalue weighted by Crippen LogP contribution is 2.19. The monoisotopic (exact) mass is 270 g/mol. The largest absolute Gasteiger partial charge is 0.481 e. The van der Waals surface area contributed by atoms with Gasteiger partial charge in [0, 0.05) is 17.8 Å². The van der Waals surface area contributed by atoms with Gasteiger partial charge in [-0.3, -0.25) is 4.79 Å². The van der Waals surface area contributed by atoms with Crippen LogP contribution in [0.15, 0.2) is 5.38 Å². The van der Waals surface area contributed by atoms with Crippen molar-refractivity contribution in [1.29, 1.82) is 0 Å². The van der Waals surface area contributed by atoms with Gasteiger partial charge >= 0.3 is 5.97 Å². The van der Waals surface area contributed by atoms with Crippen LogP contribution in [0.4, 0.5) is 5.13 Å². The Morgan fingerprint density at radius 3 is 2.89 bits per heavy atom. The summed E-state index contributed by atoms with van der Waals surface area (Å²) in [5.74, 6) is -0.0680. The Kier molecular flexibility index (Phi) is 6.12. The summed E-state index contributed by atoms with van der Waals surface area (Å²) >= 11 is 1.55. The van der Waals surface area contributed by atoms with Gasteiger partial charge in [-0.2, -0.15) is 0 Å². The lowest BCUT2D eigenvalue weighted by atomic mass is 10.0. The quantitative estimate of drug-likeness (QED) is 0.760. The van der Waals surface area contributed by atoms with Crippen LogP contribution in [-0.2, 0) is 11.2 Å². The minimum Gasteiger partial charge on any atom is -0.481 e. The fraction of sp³-hybridized carbons (Fsp3) is 0.692. The Labute approximate surface area is 112 Å². The van der Waals surface area contributed by atoms with Crippen molar-refractivity contribution in [2.75, 3.05) is 5.32 Å². The molecular formula is C13H22N2O2S. The molecule has 2 atom stereocenters. The molecule has 0 aromatic carbocycles. The molecule has 0 fully saturated rings. The molecule has 0 saturated heterocycles. The lowest BCUT2D eigenvalue weighted by Crippen LogP contribution is -2.18. The minimum atomic E-state index is -0.775. The van der Waals surface area contributed by atoms with E-state index in [0.29, 0.717) is 18.4 Å². The van der Waals surface area contributed by atoms with Crippen molar-refractivity contribution in [2.45, 2.75) is 52.5 Å². The molecule has 1 aromatic heterocycles. The predicted octanol–water partition coefficient (Wildman–Crippen LogP) is 3.40. The van der Waals surface area contributed by atoms with Gasteiger partial charge in [0.1, 0.15) is 0 Å². The normalized spacial score (nSPS) is 14.2. The SMILES string of the molecule is CCC(C)CC(C)Nc1nc(CCC(=O)O)cs1. The van der Waals surface area contributed by atoms with Crippen LogP contribution in [0.3, 0.4) is 0 Å². The van der Waals surface area contributed by atoms with Crippen molar-refractivity contribution in [3.05, 3.63) is 11.1 Å². The van der Waals surface area contributed by atoms with E-state index in [0.717, 1.165) is 17.2 Å². The van der Waals surface area contributed by atoms with Gasteiger partial charge in [-0.05, 0) is 19.3 Å². The number of hydrogen-bond acceptors (Lipinski definition) is 4. The number of carboxylic acids is 1. The van der Waals surface area contributed by atoms with E-state index in [-0.39, 0.29) is 6.42 Å². The van der Waals surface area contributed by atoms with Crippen LogP contribution in [0, 0.1) is 5.92 Å². The zero-order chi connectivity index (χ0) is 13.5. The maximum Gasteiger partial charge on any atom is 0.303 e. The molecule has 1 heterocycles. The van der Waals surface area contributed by atoms with Gasteiger partial charge in [-0.1, -0.05) is 20.3 Å². The number of aryl methyl sites for hydroxylation is 1. The van der Waals surface area contributed by atoms with Crippen LogP contribution in [-0.4, -0.2) is 22.1 Å². The number of nitrogens with zero attached hydrogens (tertiary/aromatic N) is 1. The molecule has 0 aliphatic carbocycles. The summed E-state index contributed by atoms with van der Waals surface area (Å²) in [5.41, 5.74) is 0.862. The Morgan fingerprint density at radius 1 is 1.56 bits per heavy atom. The second-order valence-electron chi connectivity index (χ2n) is 4.83.